The molecule has 0 saturated heterocycles. The van der Waals surface area contributed by atoms with Crippen LogP contribution in [0.15, 0.2) is 0 Å². The second-order valence-corrected chi connectivity index (χ2v) is 5.00. The Morgan fingerprint density at radius 1 is 0.692 bits per heavy atom. The van der Waals surface area contributed by atoms with Crippen molar-refractivity contribution in [3.05, 3.63) is 0 Å². The number of carbonyl (C=O) groups is 6. The van der Waals surface area contributed by atoms with Crippen molar-refractivity contribution in [2.45, 2.75) is 36.9 Å². The minimum atomic E-state index is -3.17. The largest absolute Gasteiger partial charge is 1.00 e. The molecule has 0 rings (SSSR count). The summed E-state index contributed by atoms with van der Waals surface area (Å²) in [6, 6.07) is 0. The molecule has 0 radical (unpaired) electrons. The Morgan fingerprint density at radius 3 is 1.35 bits per heavy atom. The van der Waals surface area contributed by atoms with Crippen LogP contribution in [-0.2, 0) is 33.5 Å². The summed E-state index contributed by atoms with van der Waals surface area (Å²) < 4.78 is 4.33. The SMILES string of the molecule is O=C(O)CC(O)(CC(=O)OC(CC(=O)O)(CC(=O)O)C(=O)O)C(=O)O.[H-].[Li+]. The summed E-state index contributed by atoms with van der Waals surface area (Å²) in [5, 5.41) is 53.5. The summed E-state index contributed by atoms with van der Waals surface area (Å²) in [6.45, 7) is 0. The van der Waals surface area contributed by atoms with Gasteiger partial charge in [0.05, 0.1) is 25.7 Å². The van der Waals surface area contributed by atoms with E-state index >= 15 is 0 Å². The molecule has 0 aliphatic heterocycles. The Morgan fingerprint density at radius 2 is 1.08 bits per heavy atom. The van der Waals surface area contributed by atoms with Gasteiger partial charge in [-0.1, -0.05) is 0 Å². The first kappa shape index (κ1) is 25.6. The molecule has 0 spiro atoms. The molecule has 0 aliphatic rings. The number of esters is 1. The minimum Gasteiger partial charge on any atom is -1.00 e. The van der Waals surface area contributed by atoms with Gasteiger partial charge in [-0.3, -0.25) is 19.2 Å². The van der Waals surface area contributed by atoms with Gasteiger partial charge in [0, 0.05) is 0 Å². The molecule has 0 aliphatic carbocycles. The number of ether oxygens (including phenoxy) is 1. The van der Waals surface area contributed by atoms with Crippen LogP contribution in [0.3, 0.4) is 0 Å². The number of carboxylic acids is 5. The van der Waals surface area contributed by atoms with Crippen LogP contribution >= 0.6 is 0 Å². The second-order valence-electron chi connectivity index (χ2n) is 5.00. The third-order valence-electron chi connectivity index (χ3n) is 2.85. The zero-order chi connectivity index (χ0) is 20.0. The summed E-state index contributed by atoms with van der Waals surface area (Å²) in [5.41, 5.74) is -6.24. The van der Waals surface area contributed by atoms with Crippen LogP contribution in [0.4, 0.5) is 0 Å². The van der Waals surface area contributed by atoms with Gasteiger partial charge in [-0.05, 0) is 0 Å². The van der Waals surface area contributed by atoms with Crippen molar-refractivity contribution in [1.82, 2.24) is 0 Å². The first-order valence-corrected chi connectivity index (χ1v) is 6.30. The summed E-state index contributed by atoms with van der Waals surface area (Å²) in [6.07, 6.45) is -5.94. The third kappa shape index (κ3) is 7.51. The fraction of sp³-hybridized carbons (Fsp3) is 0.500. The van der Waals surface area contributed by atoms with Crippen molar-refractivity contribution >= 4 is 35.8 Å². The third-order valence-corrected chi connectivity index (χ3v) is 2.85. The van der Waals surface area contributed by atoms with Gasteiger partial charge in [0.1, 0.15) is 0 Å². The molecule has 26 heavy (non-hydrogen) atoms. The molecule has 0 aromatic carbocycles. The Hall–Kier alpha value is -2.62. The average molecular weight is 374 g/mol. The monoisotopic (exact) mass is 374 g/mol. The summed E-state index contributed by atoms with van der Waals surface area (Å²) in [5.74, 6) is -11.6. The van der Waals surface area contributed by atoms with E-state index in [1.807, 2.05) is 0 Å². The van der Waals surface area contributed by atoms with Crippen molar-refractivity contribution < 1.29 is 84.4 Å². The van der Waals surface area contributed by atoms with Crippen LogP contribution in [0, 0.1) is 0 Å². The van der Waals surface area contributed by atoms with E-state index in [2.05, 4.69) is 4.74 Å². The van der Waals surface area contributed by atoms with Crippen LogP contribution in [0.1, 0.15) is 27.1 Å². The van der Waals surface area contributed by atoms with Crippen LogP contribution in [0.2, 0.25) is 0 Å². The van der Waals surface area contributed by atoms with Crippen LogP contribution in [0.5, 0.6) is 0 Å². The fourth-order valence-electron chi connectivity index (χ4n) is 1.77. The van der Waals surface area contributed by atoms with E-state index in [1.54, 1.807) is 0 Å². The minimum absolute atomic E-state index is 0. The summed E-state index contributed by atoms with van der Waals surface area (Å²) in [4.78, 5) is 66.0. The van der Waals surface area contributed by atoms with E-state index in [9.17, 15) is 33.9 Å². The number of carboxylic acid groups (broad SMARTS) is 5. The molecule has 0 bridgehead atoms. The van der Waals surface area contributed by atoms with Crippen molar-refractivity contribution in [3.63, 3.8) is 0 Å². The van der Waals surface area contributed by atoms with E-state index < -0.39 is 72.7 Å². The molecular formula is C12H15LiO13. The molecule has 14 heteroatoms. The Balaban J connectivity index is -0.00000288. The molecule has 1 atom stereocenters. The number of hydrogen-bond donors (Lipinski definition) is 6. The van der Waals surface area contributed by atoms with Gasteiger partial charge in [0.2, 0.25) is 5.60 Å². The normalized spacial score (nSPS) is 12.8. The standard InChI is InChI=1S/C12H14O13.Li.H/c13-5(14)1-11(24,9(20)21)4-8(19)25-12(10(22)23,2-6(15)16)3-7(17)18;;/h24H,1-4H2,(H,13,14)(H,15,16)(H,17,18)(H,20,21)(H,22,23);;/q;+1;-1. The molecule has 1 unspecified atom stereocenters. The van der Waals surface area contributed by atoms with Crippen molar-refractivity contribution in [3.8, 4) is 0 Å². The van der Waals surface area contributed by atoms with E-state index in [-0.39, 0.29) is 20.3 Å². The molecule has 142 valence electrons. The number of carbonyl (C=O) groups excluding carboxylic acids is 1. The Bertz CT molecular complexity index is 602. The molecule has 0 amide bonds. The van der Waals surface area contributed by atoms with Gasteiger partial charge in [-0.15, -0.1) is 0 Å². The van der Waals surface area contributed by atoms with Crippen molar-refractivity contribution in [2.24, 2.45) is 0 Å². The van der Waals surface area contributed by atoms with Gasteiger partial charge in [0.15, 0.2) is 5.60 Å². The summed E-state index contributed by atoms with van der Waals surface area (Å²) in [7, 11) is 0. The van der Waals surface area contributed by atoms with Crippen molar-refractivity contribution in [2.75, 3.05) is 0 Å². The number of aliphatic carboxylic acids is 5. The first-order chi connectivity index (χ1) is 11.2. The van der Waals surface area contributed by atoms with Crippen LogP contribution in [-0.4, -0.2) is 77.7 Å². The smallest absolute Gasteiger partial charge is 1.00 e. The molecule has 0 aromatic heterocycles. The van der Waals surface area contributed by atoms with Gasteiger partial charge in [-0.25, -0.2) is 9.59 Å². The maximum Gasteiger partial charge on any atom is 1.00 e. The molecule has 0 fully saturated rings. The van der Waals surface area contributed by atoms with Gasteiger partial charge >= 0.3 is 54.7 Å². The maximum atomic E-state index is 11.7. The van der Waals surface area contributed by atoms with Gasteiger partial charge < -0.3 is 36.8 Å². The van der Waals surface area contributed by atoms with Gasteiger partial charge in [-0.2, -0.15) is 0 Å². The zero-order valence-corrected chi connectivity index (χ0v) is 13.4. The van der Waals surface area contributed by atoms with Crippen molar-refractivity contribution in [1.29, 1.82) is 0 Å². The van der Waals surface area contributed by atoms with E-state index in [0.29, 0.717) is 0 Å². The second kappa shape index (κ2) is 9.76. The number of hydrogen-bond acceptors (Lipinski definition) is 8. The van der Waals surface area contributed by atoms with E-state index in [0.717, 1.165) is 0 Å². The molecule has 6 N–H and O–H groups in total. The molecule has 13 nitrogen and oxygen atoms in total. The quantitative estimate of drug-likeness (QED) is 0.147. The summed E-state index contributed by atoms with van der Waals surface area (Å²) >= 11 is 0. The Kier molecular flexibility index (Phi) is 9.61. The average Bonchev–Trinajstić information content (AvgIpc) is 2.34. The van der Waals surface area contributed by atoms with Gasteiger partial charge in [0.25, 0.3) is 0 Å². The number of rotatable bonds is 11. The van der Waals surface area contributed by atoms with E-state index in [4.69, 9.17) is 25.5 Å². The molecule has 0 aromatic rings. The first-order valence-electron chi connectivity index (χ1n) is 6.30. The molecule has 0 heterocycles. The topological polar surface area (TPSA) is 233 Å². The van der Waals surface area contributed by atoms with Crippen LogP contribution < -0.4 is 18.9 Å². The number of aliphatic hydroxyl groups is 1. The van der Waals surface area contributed by atoms with E-state index in [1.165, 1.54) is 0 Å². The maximum absolute atomic E-state index is 11.7. The van der Waals surface area contributed by atoms with Crippen LogP contribution in [0.25, 0.3) is 0 Å². The predicted octanol–water partition coefficient (Wildman–Crippen LogP) is -4.90. The fourth-order valence-corrected chi connectivity index (χ4v) is 1.77. The molecule has 0 saturated carbocycles. The molecular weight excluding hydrogens is 359 g/mol. The predicted molar refractivity (Wildman–Crippen MR) is 71.5 cm³/mol. The zero-order valence-electron chi connectivity index (χ0n) is 14.4. The Labute approximate surface area is 157 Å².